The molecule has 1 aliphatic heterocycles. The number of rotatable bonds is 6. The number of alkyl halides is 1. The van der Waals surface area contributed by atoms with Gasteiger partial charge in [0.2, 0.25) is 0 Å². The summed E-state index contributed by atoms with van der Waals surface area (Å²) in [6.45, 7) is 1.97. The minimum absolute atomic E-state index is 0.0300. The molecule has 8 heteroatoms. The average Bonchev–Trinajstić information content (AvgIpc) is 3.21. The second-order valence-electron chi connectivity index (χ2n) is 7.19. The maximum absolute atomic E-state index is 13.6. The first-order valence-electron chi connectivity index (χ1n) is 9.69. The normalized spacial score (nSPS) is 20.4. The van der Waals surface area contributed by atoms with Crippen molar-refractivity contribution in [3.8, 4) is 0 Å². The number of aryl methyl sites for hydroxylation is 1. The molecule has 2 aromatic carbocycles. The fourth-order valence-electron chi connectivity index (χ4n) is 3.62. The lowest BCUT2D eigenvalue weighted by Gasteiger charge is -2.30. The fraction of sp³-hybridized carbons (Fsp3) is 0.174. The van der Waals surface area contributed by atoms with E-state index in [4.69, 9.17) is 0 Å². The highest BCUT2D eigenvalue weighted by Gasteiger charge is 2.45. The highest BCUT2D eigenvalue weighted by atomic mass is 79.9. The molecule has 0 saturated heterocycles. The van der Waals surface area contributed by atoms with Gasteiger partial charge in [-0.2, -0.15) is 4.31 Å². The molecule has 4 rings (SSSR count). The van der Waals surface area contributed by atoms with Crippen molar-refractivity contribution in [1.82, 2.24) is 9.29 Å². The van der Waals surface area contributed by atoms with Crippen LogP contribution in [0.5, 0.6) is 0 Å². The molecule has 160 valence electrons. The van der Waals surface area contributed by atoms with Gasteiger partial charge < -0.3 is 0 Å². The minimum atomic E-state index is -3.95. The van der Waals surface area contributed by atoms with Crippen LogP contribution in [0.2, 0.25) is 0 Å². The van der Waals surface area contributed by atoms with E-state index >= 15 is 0 Å². The van der Waals surface area contributed by atoms with Crippen molar-refractivity contribution in [2.45, 2.75) is 28.9 Å². The summed E-state index contributed by atoms with van der Waals surface area (Å²) in [5.41, 5.74) is 1.83. The second kappa shape index (κ2) is 9.16. The number of aromatic nitrogens is 1. The molecular weight excluding hydrogens is 496 g/mol. The van der Waals surface area contributed by atoms with Crippen LogP contribution in [-0.2, 0) is 20.8 Å². The largest absolute Gasteiger partial charge is 0.261 e. The van der Waals surface area contributed by atoms with Crippen molar-refractivity contribution < 1.29 is 12.6 Å². The van der Waals surface area contributed by atoms with E-state index in [1.165, 1.54) is 16.6 Å². The topological polar surface area (TPSA) is 67.3 Å². The minimum Gasteiger partial charge on any atom is -0.249 e. The molecule has 0 saturated carbocycles. The van der Waals surface area contributed by atoms with Gasteiger partial charge in [0.05, 0.1) is 22.9 Å². The molecule has 5 nitrogen and oxygen atoms in total. The van der Waals surface area contributed by atoms with Gasteiger partial charge in [0.1, 0.15) is 0 Å². The van der Waals surface area contributed by atoms with Crippen LogP contribution < -0.4 is 0 Å². The SMILES string of the molecule is Cc1ccc([S@](=O)C2=C[C@@H](CBr)N(S(=O)(=O)c3ccccn3)[C@H]2c2ccccc2)cc1. The van der Waals surface area contributed by atoms with Crippen LogP contribution >= 0.6 is 15.9 Å². The van der Waals surface area contributed by atoms with Gasteiger partial charge in [-0.3, -0.25) is 0 Å². The zero-order valence-electron chi connectivity index (χ0n) is 16.8. The van der Waals surface area contributed by atoms with Gasteiger partial charge in [0, 0.05) is 21.3 Å². The van der Waals surface area contributed by atoms with Crippen LogP contribution in [0.25, 0.3) is 0 Å². The Hall–Kier alpha value is -2.13. The predicted octanol–water partition coefficient (Wildman–Crippen LogP) is 4.59. The summed E-state index contributed by atoms with van der Waals surface area (Å²) in [4.78, 5) is 5.28. The first-order valence-corrected chi connectivity index (χ1v) is 13.4. The number of sulfonamides is 1. The molecule has 0 N–H and O–H groups in total. The Morgan fingerprint density at radius 3 is 2.29 bits per heavy atom. The first-order chi connectivity index (χ1) is 14.9. The lowest BCUT2D eigenvalue weighted by Crippen LogP contribution is -2.40. The molecular formula is C23H21BrN2O3S2. The van der Waals surface area contributed by atoms with E-state index in [1.54, 1.807) is 12.1 Å². The molecule has 2 heterocycles. The van der Waals surface area contributed by atoms with Crippen LogP contribution in [0.15, 0.2) is 99.9 Å². The van der Waals surface area contributed by atoms with Crippen molar-refractivity contribution in [1.29, 1.82) is 0 Å². The summed E-state index contributed by atoms with van der Waals surface area (Å²) in [5.74, 6) is 0. The monoisotopic (exact) mass is 516 g/mol. The molecule has 0 amide bonds. The summed E-state index contributed by atoms with van der Waals surface area (Å²) in [6.07, 6.45) is 3.27. The van der Waals surface area contributed by atoms with E-state index in [0.717, 1.165) is 11.1 Å². The van der Waals surface area contributed by atoms with E-state index < -0.39 is 32.9 Å². The summed E-state index contributed by atoms with van der Waals surface area (Å²) < 4.78 is 42.3. The van der Waals surface area contributed by atoms with Gasteiger partial charge in [0.15, 0.2) is 5.03 Å². The number of hydrogen-bond acceptors (Lipinski definition) is 4. The number of nitrogens with zero attached hydrogens (tertiary/aromatic N) is 2. The fourth-order valence-corrected chi connectivity index (χ4v) is 7.43. The highest BCUT2D eigenvalue weighted by molar-refractivity contribution is 9.09. The van der Waals surface area contributed by atoms with E-state index in [0.29, 0.717) is 15.1 Å². The van der Waals surface area contributed by atoms with Crippen molar-refractivity contribution >= 4 is 36.8 Å². The predicted molar refractivity (Wildman–Crippen MR) is 126 cm³/mol. The van der Waals surface area contributed by atoms with Gasteiger partial charge >= 0.3 is 0 Å². The molecule has 0 fully saturated rings. The average molecular weight is 517 g/mol. The number of hydrogen-bond donors (Lipinski definition) is 0. The second-order valence-corrected chi connectivity index (χ2v) is 11.1. The number of benzene rings is 2. The molecule has 1 aliphatic rings. The molecule has 1 aromatic heterocycles. The lowest BCUT2D eigenvalue weighted by atomic mass is 10.1. The van der Waals surface area contributed by atoms with Crippen LogP contribution in [0, 0.1) is 6.92 Å². The van der Waals surface area contributed by atoms with Crippen molar-refractivity contribution in [3.63, 3.8) is 0 Å². The third-order valence-corrected chi connectivity index (χ3v) is 9.07. The molecule has 3 atom stereocenters. The first kappa shape index (κ1) is 22.1. The van der Waals surface area contributed by atoms with Gasteiger partial charge in [0.25, 0.3) is 10.0 Å². The molecule has 0 unspecified atom stereocenters. The summed E-state index contributed by atoms with van der Waals surface area (Å²) in [6, 6.07) is 20.4. The standard InChI is InChI=1S/C23H21BrN2O3S2/c1-17-10-12-20(13-11-17)30(27)21-15-19(16-24)26(23(21)18-7-3-2-4-8-18)31(28,29)22-9-5-6-14-25-22/h2-15,19,23H,16H2,1H3/t19-,23-,30-/m0/s1. The van der Waals surface area contributed by atoms with Crippen LogP contribution in [0.3, 0.4) is 0 Å². The number of pyridine rings is 1. The van der Waals surface area contributed by atoms with Crippen LogP contribution in [0.4, 0.5) is 0 Å². The van der Waals surface area contributed by atoms with E-state index in [2.05, 4.69) is 20.9 Å². The molecule has 0 aliphatic carbocycles. The summed E-state index contributed by atoms with van der Waals surface area (Å²) >= 11 is 3.45. The zero-order valence-corrected chi connectivity index (χ0v) is 20.0. The van der Waals surface area contributed by atoms with Gasteiger partial charge in [-0.05, 0) is 36.8 Å². The summed E-state index contributed by atoms with van der Waals surface area (Å²) in [5, 5.41) is 0.342. The highest BCUT2D eigenvalue weighted by Crippen LogP contribution is 2.43. The number of halogens is 1. The van der Waals surface area contributed by atoms with Gasteiger partial charge in [-0.25, -0.2) is 17.6 Å². The smallest absolute Gasteiger partial charge is 0.249 e. The third-order valence-electron chi connectivity index (χ3n) is 5.11. The maximum atomic E-state index is 13.6. The maximum Gasteiger partial charge on any atom is 0.261 e. The third kappa shape index (κ3) is 4.30. The van der Waals surface area contributed by atoms with Crippen LogP contribution in [-0.4, -0.2) is 33.3 Å². The molecule has 0 radical (unpaired) electrons. The Kier molecular flexibility index (Phi) is 6.52. The van der Waals surface area contributed by atoms with E-state index in [1.807, 2.05) is 67.6 Å². The Morgan fingerprint density at radius 1 is 1.00 bits per heavy atom. The zero-order chi connectivity index (χ0) is 22.0. The van der Waals surface area contributed by atoms with Gasteiger partial charge in [-0.1, -0.05) is 76.1 Å². The molecule has 0 spiro atoms. The molecule has 0 bridgehead atoms. The van der Waals surface area contributed by atoms with E-state index in [9.17, 15) is 12.6 Å². The lowest BCUT2D eigenvalue weighted by molar-refractivity contribution is 0.360. The molecule has 31 heavy (non-hydrogen) atoms. The van der Waals surface area contributed by atoms with Gasteiger partial charge in [-0.15, -0.1) is 0 Å². The van der Waals surface area contributed by atoms with Crippen molar-refractivity contribution in [2.75, 3.05) is 5.33 Å². The Balaban J connectivity index is 1.85. The van der Waals surface area contributed by atoms with Crippen LogP contribution in [0.1, 0.15) is 17.2 Å². The summed E-state index contributed by atoms with van der Waals surface area (Å²) in [7, 11) is -5.46. The van der Waals surface area contributed by atoms with Crippen molar-refractivity contribution in [3.05, 3.63) is 101 Å². The van der Waals surface area contributed by atoms with Crippen molar-refractivity contribution in [2.24, 2.45) is 0 Å². The molecule has 3 aromatic rings. The Bertz CT molecular complexity index is 1210. The quantitative estimate of drug-likeness (QED) is 0.449. The van der Waals surface area contributed by atoms with E-state index in [-0.39, 0.29) is 5.03 Å². The Morgan fingerprint density at radius 2 is 1.68 bits per heavy atom. The Labute approximate surface area is 193 Å².